The third-order valence-corrected chi connectivity index (χ3v) is 5.91. The second kappa shape index (κ2) is 10.1. The number of hydrogen-bond acceptors (Lipinski definition) is 8. The number of ether oxygens (including phenoxy) is 2. The number of rotatable bonds is 8. The third-order valence-electron chi connectivity index (χ3n) is 4.04. The zero-order chi connectivity index (χ0) is 21.5. The molecule has 0 aliphatic rings. The van der Waals surface area contributed by atoms with Crippen LogP contribution >= 0.6 is 22.7 Å². The van der Waals surface area contributed by atoms with E-state index in [-0.39, 0.29) is 13.2 Å². The van der Waals surface area contributed by atoms with E-state index in [2.05, 4.69) is 4.98 Å². The molecular formula is C21H20N2O5S2. The van der Waals surface area contributed by atoms with Gasteiger partial charge in [0.05, 0.1) is 12.3 Å². The van der Waals surface area contributed by atoms with Crippen molar-refractivity contribution < 1.29 is 23.9 Å². The molecule has 0 radical (unpaired) electrons. The first kappa shape index (κ1) is 21.7. The number of esters is 2. The molecule has 0 N–H and O–H groups in total. The van der Waals surface area contributed by atoms with Crippen LogP contribution in [-0.4, -0.2) is 42.6 Å². The zero-order valence-corrected chi connectivity index (χ0v) is 18.1. The molecule has 30 heavy (non-hydrogen) atoms. The summed E-state index contributed by atoms with van der Waals surface area (Å²) in [6, 6.07) is 10.6. The summed E-state index contributed by atoms with van der Waals surface area (Å²) in [5.74, 6) is -1.69. The van der Waals surface area contributed by atoms with E-state index in [0.29, 0.717) is 16.3 Å². The molecular weight excluding hydrogens is 424 g/mol. The highest BCUT2D eigenvalue weighted by Crippen LogP contribution is 2.29. The highest BCUT2D eigenvalue weighted by molar-refractivity contribution is 7.17. The van der Waals surface area contributed by atoms with E-state index >= 15 is 0 Å². The number of thiophene rings is 1. The number of hydrogen-bond donors (Lipinski definition) is 0. The van der Waals surface area contributed by atoms with Crippen molar-refractivity contribution in [1.82, 2.24) is 4.98 Å². The van der Waals surface area contributed by atoms with Crippen molar-refractivity contribution >= 4 is 46.2 Å². The second-order valence-electron chi connectivity index (χ2n) is 6.14. The molecule has 0 saturated heterocycles. The Balaban J connectivity index is 1.69. The number of carbonyl (C=O) groups excluding carboxylic acids is 3. The number of benzene rings is 1. The van der Waals surface area contributed by atoms with Crippen LogP contribution in [0.1, 0.15) is 22.3 Å². The molecule has 156 valence electrons. The number of anilines is 1. The van der Waals surface area contributed by atoms with Gasteiger partial charge in [0, 0.05) is 16.6 Å². The van der Waals surface area contributed by atoms with Gasteiger partial charge in [-0.15, -0.1) is 11.3 Å². The summed E-state index contributed by atoms with van der Waals surface area (Å²) >= 11 is 2.76. The van der Waals surface area contributed by atoms with Crippen LogP contribution in [-0.2, 0) is 19.1 Å². The molecule has 0 atom stereocenters. The lowest BCUT2D eigenvalue weighted by Crippen LogP contribution is -2.39. The van der Waals surface area contributed by atoms with Gasteiger partial charge in [0.2, 0.25) is 0 Å². The predicted octanol–water partition coefficient (Wildman–Crippen LogP) is 3.93. The minimum atomic E-state index is -0.621. The Morgan fingerprint density at radius 2 is 1.87 bits per heavy atom. The van der Waals surface area contributed by atoms with Gasteiger partial charge in [0.1, 0.15) is 16.4 Å². The van der Waals surface area contributed by atoms with Crippen molar-refractivity contribution in [3.8, 4) is 10.6 Å². The molecule has 0 aliphatic carbocycles. The number of para-hydroxylation sites is 1. The van der Waals surface area contributed by atoms with Crippen molar-refractivity contribution in [2.75, 3.05) is 24.7 Å². The molecule has 7 nitrogen and oxygen atoms in total. The largest absolute Gasteiger partial charge is 0.465 e. The summed E-state index contributed by atoms with van der Waals surface area (Å²) in [6.07, 6.45) is 0. The maximum atomic E-state index is 12.7. The molecule has 0 saturated carbocycles. The minimum absolute atomic E-state index is 0.210. The van der Waals surface area contributed by atoms with Crippen LogP contribution in [0.25, 0.3) is 10.6 Å². The van der Waals surface area contributed by atoms with Gasteiger partial charge in [0.15, 0.2) is 6.61 Å². The predicted molar refractivity (Wildman–Crippen MR) is 116 cm³/mol. The second-order valence-corrected chi connectivity index (χ2v) is 7.92. The highest BCUT2D eigenvalue weighted by Gasteiger charge is 2.23. The van der Waals surface area contributed by atoms with Crippen LogP contribution in [0.4, 0.5) is 5.69 Å². The average molecular weight is 445 g/mol. The van der Waals surface area contributed by atoms with Crippen LogP contribution in [0, 0.1) is 6.92 Å². The van der Waals surface area contributed by atoms with Crippen LogP contribution in [0.3, 0.4) is 0 Å². The van der Waals surface area contributed by atoms with Crippen LogP contribution < -0.4 is 4.90 Å². The maximum Gasteiger partial charge on any atom is 0.350 e. The molecule has 3 rings (SSSR count). The Bertz CT molecular complexity index is 1020. The van der Waals surface area contributed by atoms with E-state index in [4.69, 9.17) is 9.47 Å². The lowest BCUT2D eigenvalue weighted by atomic mass is 10.3. The molecule has 0 spiro atoms. The number of aromatic nitrogens is 1. The smallest absolute Gasteiger partial charge is 0.350 e. The van der Waals surface area contributed by atoms with Gasteiger partial charge in [-0.2, -0.15) is 11.3 Å². The molecule has 2 aromatic heterocycles. The molecule has 0 fully saturated rings. The number of thiazole rings is 1. The molecule has 1 amide bonds. The van der Waals surface area contributed by atoms with Crippen molar-refractivity contribution in [1.29, 1.82) is 0 Å². The standard InChI is InChI=1S/C21H20N2O5S2/c1-3-27-18(25)11-23(16-7-5-4-6-8-16)17(24)12-28-21(26)19-14(2)22-20(30-19)15-9-10-29-13-15/h4-10,13H,3,11-12H2,1-2H3. The zero-order valence-electron chi connectivity index (χ0n) is 16.5. The van der Waals surface area contributed by atoms with Gasteiger partial charge in [-0.25, -0.2) is 9.78 Å². The Morgan fingerprint density at radius 3 is 2.53 bits per heavy atom. The van der Waals surface area contributed by atoms with Gasteiger partial charge < -0.3 is 9.47 Å². The van der Waals surface area contributed by atoms with Crippen LogP contribution in [0.2, 0.25) is 0 Å². The van der Waals surface area contributed by atoms with Crippen molar-refractivity contribution in [3.05, 3.63) is 57.7 Å². The summed E-state index contributed by atoms with van der Waals surface area (Å²) < 4.78 is 10.2. The fourth-order valence-corrected chi connectivity index (χ4v) is 4.30. The topological polar surface area (TPSA) is 85.8 Å². The molecule has 3 aromatic rings. The van der Waals surface area contributed by atoms with Gasteiger partial charge in [-0.1, -0.05) is 18.2 Å². The number of nitrogens with zero attached hydrogens (tertiary/aromatic N) is 2. The van der Waals surface area contributed by atoms with Gasteiger partial charge in [-0.3, -0.25) is 14.5 Å². The lowest BCUT2D eigenvalue weighted by molar-refractivity contribution is -0.142. The molecule has 0 bridgehead atoms. The van der Waals surface area contributed by atoms with E-state index in [1.165, 1.54) is 16.2 Å². The first-order valence-corrected chi connectivity index (χ1v) is 10.9. The van der Waals surface area contributed by atoms with Gasteiger partial charge in [-0.05, 0) is 37.4 Å². The van der Waals surface area contributed by atoms with E-state index in [9.17, 15) is 14.4 Å². The van der Waals surface area contributed by atoms with Gasteiger partial charge >= 0.3 is 11.9 Å². The first-order valence-electron chi connectivity index (χ1n) is 9.17. The molecule has 0 unspecified atom stereocenters. The molecule has 1 aromatic carbocycles. The molecule has 2 heterocycles. The lowest BCUT2D eigenvalue weighted by Gasteiger charge is -2.21. The fraction of sp³-hybridized carbons (Fsp3) is 0.238. The molecule has 0 aliphatic heterocycles. The summed E-state index contributed by atoms with van der Waals surface area (Å²) in [4.78, 5) is 43.2. The normalized spacial score (nSPS) is 10.5. The van der Waals surface area contributed by atoms with Crippen molar-refractivity contribution in [2.24, 2.45) is 0 Å². The number of carbonyl (C=O) groups is 3. The Kier molecular flexibility index (Phi) is 7.31. The summed E-state index contributed by atoms with van der Waals surface area (Å²) in [6.45, 7) is 2.86. The van der Waals surface area contributed by atoms with Crippen molar-refractivity contribution in [2.45, 2.75) is 13.8 Å². The number of amides is 1. The highest BCUT2D eigenvalue weighted by atomic mass is 32.1. The summed E-state index contributed by atoms with van der Waals surface area (Å²) in [5.41, 5.74) is 2.00. The van der Waals surface area contributed by atoms with E-state index in [0.717, 1.165) is 10.6 Å². The van der Waals surface area contributed by atoms with E-state index in [1.807, 2.05) is 16.8 Å². The summed E-state index contributed by atoms with van der Waals surface area (Å²) in [7, 11) is 0. The molecule has 9 heteroatoms. The minimum Gasteiger partial charge on any atom is -0.465 e. The Labute approximate surface area is 181 Å². The van der Waals surface area contributed by atoms with Gasteiger partial charge in [0.25, 0.3) is 5.91 Å². The number of aryl methyl sites for hydroxylation is 1. The Morgan fingerprint density at radius 1 is 1.10 bits per heavy atom. The third kappa shape index (κ3) is 5.31. The fourth-order valence-electron chi connectivity index (χ4n) is 2.63. The SMILES string of the molecule is CCOC(=O)CN(C(=O)COC(=O)c1sc(-c2ccsc2)nc1C)c1ccccc1. The van der Waals surface area contributed by atoms with E-state index in [1.54, 1.807) is 55.5 Å². The monoisotopic (exact) mass is 444 g/mol. The Hall–Kier alpha value is -3.04. The van der Waals surface area contributed by atoms with E-state index < -0.39 is 24.5 Å². The van der Waals surface area contributed by atoms with Crippen molar-refractivity contribution in [3.63, 3.8) is 0 Å². The van der Waals surface area contributed by atoms with Crippen LogP contribution in [0.5, 0.6) is 0 Å². The first-order chi connectivity index (χ1) is 14.5. The maximum absolute atomic E-state index is 12.7. The quantitative estimate of drug-likeness (QED) is 0.489. The average Bonchev–Trinajstić information content (AvgIpc) is 3.40. The van der Waals surface area contributed by atoms with Crippen LogP contribution in [0.15, 0.2) is 47.2 Å². The summed E-state index contributed by atoms with van der Waals surface area (Å²) in [5, 5.41) is 4.61.